The lowest BCUT2D eigenvalue weighted by Gasteiger charge is -2.12. The van der Waals surface area contributed by atoms with Gasteiger partial charge in [0.2, 0.25) is 0 Å². The monoisotopic (exact) mass is 566 g/mol. The Morgan fingerprint density at radius 3 is 1.29 bits per heavy atom. The molecule has 0 spiro atoms. The van der Waals surface area contributed by atoms with Crippen molar-refractivity contribution < 1.29 is 8.78 Å². The lowest BCUT2D eigenvalue weighted by molar-refractivity contribution is 0.657. The van der Waals surface area contributed by atoms with Gasteiger partial charge in [-0.3, -0.25) is 0 Å². The molecule has 3 aromatic carbocycles. The van der Waals surface area contributed by atoms with Gasteiger partial charge in [-0.05, 0) is 96.1 Å². The SMILES string of the molecule is CC#Cc1c2cc3cc(-c4ccc(F)s4)sc3cc2c(C#CC)c2cc3cc(-c4ccc(F)s4)sc3cc12. The van der Waals surface area contributed by atoms with Crippen LogP contribution in [0.1, 0.15) is 25.0 Å². The zero-order valence-electron chi connectivity index (χ0n) is 20.2. The highest BCUT2D eigenvalue weighted by Crippen LogP contribution is 2.44. The normalized spacial score (nSPS) is 11.3. The van der Waals surface area contributed by atoms with Crippen molar-refractivity contribution >= 4 is 87.1 Å². The summed E-state index contributed by atoms with van der Waals surface area (Å²) in [6.07, 6.45) is 0. The fourth-order valence-electron chi connectivity index (χ4n) is 4.95. The van der Waals surface area contributed by atoms with Crippen molar-refractivity contribution in [2.75, 3.05) is 0 Å². The lowest BCUT2D eigenvalue weighted by atomic mass is 9.90. The summed E-state index contributed by atoms with van der Waals surface area (Å²) in [6, 6.07) is 19.8. The molecule has 4 aromatic heterocycles. The van der Waals surface area contributed by atoms with Crippen LogP contribution in [0.2, 0.25) is 0 Å². The minimum atomic E-state index is -0.179. The summed E-state index contributed by atoms with van der Waals surface area (Å²) in [5.41, 5.74) is 1.96. The molecule has 0 bridgehead atoms. The fraction of sp³-hybridized carbons (Fsp3) is 0.0625. The van der Waals surface area contributed by atoms with Gasteiger partial charge < -0.3 is 0 Å². The highest BCUT2D eigenvalue weighted by Gasteiger charge is 2.17. The molecule has 0 radical (unpaired) electrons. The first-order valence-corrected chi connectivity index (χ1v) is 15.1. The Balaban J connectivity index is 1.56. The number of fused-ring (bicyclic) bond motifs is 4. The van der Waals surface area contributed by atoms with Crippen LogP contribution in [0, 0.1) is 33.9 Å². The number of rotatable bonds is 2. The third-order valence-electron chi connectivity index (χ3n) is 6.52. The van der Waals surface area contributed by atoms with Crippen molar-refractivity contribution in [3.05, 3.63) is 82.1 Å². The number of halogens is 2. The maximum atomic E-state index is 13.7. The van der Waals surface area contributed by atoms with Gasteiger partial charge in [0, 0.05) is 50.8 Å². The fourth-order valence-corrected chi connectivity index (χ4v) is 8.74. The van der Waals surface area contributed by atoms with Crippen molar-refractivity contribution in [1.82, 2.24) is 0 Å². The van der Waals surface area contributed by atoms with Crippen molar-refractivity contribution in [2.45, 2.75) is 13.8 Å². The molecule has 6 heteroatoms. The van der Waals surface area contributed by atoms with Crippen LogP contribution in [0.25, 0.3) is 61.2 Å². The van der Waals surface area contributed by atoms with E-state index in [4.69, 9.17) is 0 Å². The van der Waals surface area contributed by atoms with Gasteiger partial charge in [-0.2, -0.15) is 8.78 Å². The van der Waals surface area contributed by atoms with Crippen molar-refractivity contribution in [3.8, 4) is 43.2 Å². The van der Waals surface area contributed by atoms with Crippen LogP contribution in [-0.4, -0.2) is 0 Å². The summed E-state index contributed by atoms with van der Waals surface area (Å²) in [7, 11) is 0. The number of thiophene rings is 4. The molecule has 0 fully saturated rings. The van der Waals surface area contributed by atoms with Gasteiger partial charge in [0.05, 0.1) is 0 Å². The van der Waals surface area contributed by atoms with E-state index in [1.165, 1.54) is 34.8 Å². The third kappa shape index (κ3) is 3.76. The second-order valence-corrected chi connectivity index (χ2v) is 13.0. The average molecular weight is 567 g/mol. The van der Waals surface area contributed by atoms with E-state index >= 15 is 0 Å². The highest BCUT2D eigenvalue weighted by atomic mass is 32.1. The molecule has 0 nitrogen and oxygen atoms in total. The second kappa shape index (κ2) is 9.05. The molecular formula is C32H16F2S4. The molecule has 0 amide bonds. The highest BCUT2D eigenvalue weighted by molar-refractivity contribution is 7.26. The van der Waals surface area contributed by atoms with Crippen LogP contribution in [0.3, 0.4) is 0 Å². The van der Waals surface area contributed by atoms with Crippen molar-refractivity contribution in [2.24, 2.45) is 0 Å². The Bertz CT molecular complexity index is 1950. The molecule has 0 atom stereocenters. The summed E-state index contributed by atoms with van der Waals surface area (Å²) in [5.74, 6) is 13.0. The van der Waals surface area contributed by atoms with E-state index in [0.717, 1.165) is 72.4 Å². The molecular weight excluding hydrogens is 551 g/mol. The lowest BCUT2D eigenvalue weighted by Crippen LogP contribution is -1.90. The summed E-state index contributed by atoms with van der Waals surface area (Å²) in [4.78, 5) is 3.97. The van der Waals surface area contributed by atoms with Crippen molar-refractivity contribution in [1.29, 1.82) is 0 Å². The minimum Gasteiger partial charge on any atom is -0.195 e. The van der Waals surface area contributed by atoms with Gasteiger partial charge >= 0.3 is 0 Å². The Labute approximate surface area is 233 Å². The van der Waals surface area contributed by atoms with E-state index in [-0.39, 0.29) is 10.3 Å². The molecule has 7 aromatic rings. The van der Waals surface area contributed by atoms with Gasteiger partial charge in [-0.1, -0.05) is 11.8 Å². The zero-order chi connectivity index (χ0) is 26.0. The quantitative estimate of drug-likeness (QED) is 0.144. The molecule has 7 rings (SSSR count). The predicted molar refractivity (Wildman–Crippen MR) is 164 cm³/mol. The largest absolute Gasteiger partial charge is 0.195 e. The van der Waals surface area contributed by atoms with Crippen LogP contribution in [0.5, 0.6) is 0 Å². The third-order valence-corrected chi connectivity index (χ3v) is 10.9. The molecule has 0 saturated heterocycles. The van der Waals surface area contributed by atoms with E-state index in [0.29, 0.717) is 0 Å². The first-order valence-electron chi connectivity index (χ1n) is 11.8. The van der Waals surface area contributed by atoms with Gasteiger partial charge in [-0.15, -0.1) is 57.2 Å². The molecule has 38 heavy (non-hydrogen) atoms. The minimum absolute atomic E-state index is 0.179. The van der Waals surface area contributed by atoms with Crippen LogP contribution in [-0.2, 0) is 0 Å². The van der Waals surface area contributed by atoms with Gasteiger partial charge in [0.15, 0.2) is 10.3 Å². The maximum Gasteiger partial charge on any atom is 0.177 e. The molecule has 0 aliphatic heterocycles. The summed E-state index contributed by atoms with van der Waals surface area (Å²) in [6.45, 7) is 3.72. The molecule has 0 aliphatic carbocycles. The van der Waals surface area contributed by atoms with E-state index in [1.807, 2.05) is 26.0 Å². The first kappa shape index (κ1) is 23.6. The van der Waals surface area contributed by atoms with Gasteiger partial charge in [-0.25, -0.2) is 0 Å². The zero-order valence-corrected chi connectivity index (χ0v) is 23.4. The Kier molecular flexibility index (Phi) is 5.62. The number of hydrogen-bond donors (Lipinski definition) is 0. The molecule has 4 heterocycles. The Morgan fingerprint density at radius 2 is 0.921 bits per heavy atom. The number of benzene rings is 3. The molecule has 0 N–H and O–H groups in total. The molecule has 0 aliphatic rings. The van der Waals surface area contributed by atoms with Crippen LogP contribution < -0.4 is 0 Å². The van der Waals surface area contributed by atoms with E-state index in [2.05, 4.69) is 60.1 Å². The van der Waals surface area contributed by atoms with E-state index in [9.17, 15) is 8.78 Å². The van der Waals surface area contributed by atoms with E-state index in [1.54, 1.807) is 22.7 Å². The second-order valence-electron chi connectivity index (χ2n) is 8.80. The topological polar surface area (TPSA) is 0 Å². The maximum absolute atomic E-state index is 13.7. The summed E-state index contributed by atoms with van der Waals surface area (Å²) < 4.78 is 29.7. The Morgan fingerprint density at radius 1 is 0.500 bits per heavy atom. The summed E-state index contributed by atoms with van der Waals surface area (Å²) >= 11 is 5.67. The average Bonchev–Trinajstić information content (AvgIpc) is 3.69. The molecule has 0 saturated carbocycles. The molecule has 182 valence electrons. The van der Waals surface area contributed by atoms with Crippen LogP contribution >= 0.6 is 45.3 Å². The first-order chi connectivity index (χ1) is 18.5. The van der Waals surface area contributed by atoms with Gasteiger partial charge in [0.1, 0.15) is 0 Å². The summed E-state index contributed by atoms with van der Waals surface area (Å²) in [5, 5.41) is 6.13. The Hall–Kier alpha value is -3.52. The van der Waals surface area contributed by atoms with Crippen molar-refractivity contribution in [3.63, 3.8) is 0 Å². The van der Waals surface area contributed by atoms with Crippen LogP contribution in [0.4, 0.5) is 8.78 Å². The van der Waals surface area contributed by atoms with E-state index < -0.39 is 0 Å². The van der Waals surface area contributed by atoms with Gasteiger partial charge in [0.25, 0.3) is 0 Å². The molecule has 0 unspecified atom stereocenters. The van der Waals surface area contributed by atoms with Crippen LogP contribution in [0.15, 0.2) is 60.7 Å². The number of hydrogen-bond acceptors (Lipinski definition) is 4. The predicted octanol–water partition coefficient (Wildman–Crippen LogP) is 10.9. The standard InChI is InChI=1S/C32H16F2S4/c1-3-5-19-21-11-17-13-29(25-7-9-31(33)37-25)36-28(17)16-24(21)20(6-4-2)22-12-18-14-30(26-8-10-32(34)38-26)35-27(18)15-23(19)22/h7-16H,1-2H3. The smallest absolute Gasteiger partial charge is 0.177 e.